The molecule has 0 spiro atoms. The Morgan fingerprint density at radius 1 is 1.10 bits per heavy atom. The standard InChI is InChI=1S/C18H23NO2/c1-13(19(2)3)14-6-5-7-15(10-14)16-8-9-18(21-4)17(11-16)12-20/h5-11,13,20H,12H2,1-4H3/t13-/m1/s1. The lowest BCUT2D eigenvalue weighted by Crippen LogP contribution is -2.16. The van der Waals surface area contributed by atoms with Crippen LogP contribution in [-0.2, 0) is 6.61 Å². The lowest BCUT2D eigenvalue weighted by molar-refractivity contribution is 0.274. The van der Waals surface area contributed by atoms with E-state index >= 15 is 0 Å². The Bertz CT molecular complexity index is 608. The van der Waals surface area contributed by atoms with E-state index in [0.29, 0.717) is 6.04 Å². The molecule has 0 aliphatic carbocycles. The van der Waals surface area contributed by atoms with Gasteiger partial charge in [-0.15, -0.1) is 0 Å². The second kappa shape index (κ2) is 6.74. The molecule has 1 N–H and O–H groups in total. The van der Waals surface area contributed by atoms with Crippen molar-refractivity contribution < 1.29 is 9.84 Å². The van der Waals surface area contributed by atoms with Gasteiger partial charge in [0.15, 0.2) is 0 Å². The van der Waals surface area contributed by atoms with Crippen molar-refractivity contribution >= 4 is 0 Å². The fourth-order valence-electron chi connectivity index (χ4n) is 2.36. The van der Waals surface area contributed by atoms with Crippen LogP contribution in [0, 0.1) is 0 Å². The largest absolute Gasteiger partial charge is 0.496 e. The van der Waals surface area contributed by atoms with E-state index < -0.39 is 0 Å². The normalized spacial score (nSPS) is 12.5. The van der Waals surface area contributed by atoms with Gasteiger partial charge in [-0.25, -0.2) is 0 Å². The Balaban J connectivity index is 2.40. The Hall–Kier alpha value is -1.84. The van der Waals surface area contributed by atoms with Gasteiger partial charge in [-0.3, -0.25) is 0 Å². The molecule has 1 atom stereocenters. The van der Waals surface area contributed by atoms with Crippen molar-refractivity contribution in [1.82, 2.24) is 4.90 Å². The molecule has 0 heterocycles. The maximum atomic E-state index is 9.45. The minimum atomic E-state index is -0.0230. The summed E-state index contributed by atoms with van der Waals surface area (Å²) in [7, 11) is 5.77. The highest BCUT2D eigenvalue weighted by atomic mass is 16.5. The van der Waals surface area contributed by atoms with Crippen LogP contribution in [-0.4, -0.2) is 31.2 Å². The zero-order valence-electron chi connectivity index (χ0n) is 13.1. The molecule has 2 aromatic rings. The first-order valence-electron chi connectivity index (χ1n) is 7.11. The second-order valence-corrected chi connectivity index (χ2v) is 5.45. The van der Waals surface area contributed by atoms with Crippen molar-refractivity contribution in [2.75, 3.05) is 21.2 Å². The molecule has 112 valence electrons. The van der Waals surface area contributed by atoms with Crippen molar-refractivity contribution in [3.8, 4) is 16.9 Å². The number of aliphatic hydroxyl groups is 1. The van der Waals surface area contributed by atoms with Crippen molar-refractivity contribution in [3.05, 3.63) is 53.6 Å². The quantitative estimate of drug-likeness (QED) is 0.913. The molecule has 0 aromatic heterocycles. The van der Waals surface area contributed by atoms with Crippen LogP contribution < -0.4 is 4.74 Å². The number of aliphatic hydroxyl groups excluding tert-OH is 1. The topological polar surface area (TPSA) is 32.7 Å². The van der Waals surface area contributed by atoms with Gasteiger partial charge in [0.1, 0.15) is 5.75 Å². The predicted molar refractivity (Wildman–Crippen MR) is 86.5 cm³/mol. The molecule has 0 fully saturated rings. The second-order valence-electron chi connectivity index (χ2n) is 5.45. The first-order chi connectivity index (χ1) is 10.1. The first-order valence-corrected chi connectivity index (χ1v) is 7.11. The number of benzene rings is 2. The average Bonchev–Trinajstić information content (AvgIpc) is 2.53. The molecule has 0 saturated carbocycles. The molecular formula is C18H23NO2. The van der Waals surface area contributed by atoms with Gasteiger partial charge in [0.05, 0.1) is 13.7 Å². The molecule has 2 aromatic carbocycles. The van der Waals surface area contributed by atoms with Gasteiger partial charge in [-0.2, -0.15) is 0 Å². The Morgan fingerprint density at radius 2 is 1.81 bits per heavy atom. The number of rotatable bonds is 5. The molecule has 0 aliphatic heterocycles. The first kappa shape index (κ1) is 15.5. The maximum absolute atomic E-state index is 9.45. The van der Waals surface area contributed by atoms with Gasteiger partial charge in [0, 0.05) is 11.6 Å². The molecule has 0 radical (unpaired) electrons. The zero-order valence-corrected chi connectivity index (χ0v) is 13.1. The lowest BCUT2D eigenvalue weighted by Gasteiger charge is -2.20. The van der Waals surface area contributed by atoms with Crippen molar-refractivity contribution in [2.45, 2.75) is 19.6 Å². The Morgan fingerprint density at radius 3 is 2.43 bits per heavy atom. The molecule has 2 rings (SSSR count). The van der Waals surface area contributed by atoms with Gasteiger partial charge in [-0.1, -0.05) is 24.3 Å². The third-order valence-corrected chi connectivity index (χ3v) is 3.93. The van der Waals surface area contributed by atoms with Crippen LogP contribution in [0.3, 0.4) is 0 Å². The number of hydrogen-bond acceptors (Lipinski definition) is 3. The average molecular weight is 285 g/mol. The van der Waals surface area contributed by atoms with Crippen LogP contribution in [0.4, 0.5) is 0 Å². The fourth-order valence-corrected chi connectivity index (χ4v) is 2.36. The number of ether oxygens (including phenoxy) is 1. The Labute approximate surface area is 126 Å². The third kappa shape index (κ3) is 3.43. The number of methoxy groups -OCH3 is 1. The van der Waals surface area contributed by atoms with Gasteiger partial charge < -0.3 is 14.7 Å². The molecule has 0 unspecified atom stereocenters. The lowest BCUT2D eigenvalue weighted by atomic mass is 9.98. The van der Waals surface area contributed by atoms with E-state index in [1.807, 2.05) is 18.2 Å². The molecule has 0 aliphatic rings. The van der Waals surface area contributed by atoms with E-state index in [1.54, 1.807) is 7.11 Å². The Kier molecular flexibility index (Phi) is 4.99. The van der Waals surface area contributed by atoms with Gasteiger partial charge in [0.25, 0.3) is 0 Å². The highest BCUT2D eigenvalue weighted by Crippen LogP contribution is 2.29. The van der Waals surface area contributed by atoms with Gasteiger partial charge >= 0.3 is 0 Å². The van der Waals surface area contributed by atoms with Gasteiger partial charge in [0.2, 0.25) is 0 Å². The molecule has 0 bridgehead atoms. The predicted octanol–water partition coefficient (Wildman–Crippen LogP) is 3.48. The van der Waals surface area contributed by atoms with E-state index in [4.69, 9.17) is 4.74 Å². The molecule has 21 heavy (non-hydrogen) atoms. The third-order valence-electron chi connectivity index (χ3n) is 3.93. The smallest absolute Gasteiger partial charge is 0.124 e. The molecule has 0 saturated heterocycles. The van der Waals surface area contributed by atoms with E-state index in [1.165, 1.54) is 5.56 Å². The van der Waals surface area contributed by atoms with Crippen LogP contribution in [0.15, 0.2) is 42.5 Å². The fraction of sp³-hybridized carbons (Fsp3) is 0.333. The summed E-state index contributed by atoms with van der Waals surface area (Å²) in [4.78, 5) is 2.19. The van der Waals surface area contributed by atoms with Crippen LogP contribution in [0.1, 0.15) is 24.1 Å². The molecular weight excluding hydrogens is 262 g/mol. The van der Waals surface area contributed by atoms with Crippen molar-refractivity contribution in [1.29, 1.82) is 0 Å². The highest BCUT2D eigenvalue weighted by Gasteiger charge is 2.10. The summed E-state index contributed by atoms with van der Waals surface area (Å²) in [6.07, 6.45) is 0. The van der Waals surface area contributed by atoms with Crippen molar-refractivity contribution in [3.63, 3.8) is 0 Å². The summed E-state index contributed by atoms with van der Waals surface area (Å²) in [5.41, 5.74) is 4.33. The minimum Gasteiger partial charge on any atom is -0.496 e. The summed E-state index contributed by atoms with van der Waals surface area (Å²) in [5, 5.41) is 9.45. The summed E-state index contributed by atoms with van der Waals surface area (Å²) >= 11 is 0. The van der Waals surface area contributed by atoms with E-state index in [-0.39, 0.29) is 6.61 Å². The molecule has 3 nitrogen and oxygen atoms in total. The van der Waals surface area contributed by atoms with E-state index in [2.05, 4.69) is 50.2 Å². The number of hydrogen-bond donors (Lipinski definition) is 1. The number of nitrogens with zero attached hydrogens (tertiary/aromatic N) is 1. The van der Waals surface area contributed by atoms with Crippen LogP contribution >= 0.6 is 0 Å². The summed E-state index contributed by atoms with van der Waals surface area (Å²) in [5.74, 6) is 0.721. The highest BCUT2D eigenvalue weighted by molar-refractivity contribution is 5.66. The van der Waals surface area contributed by atoms with E-state index in [9.17, 15) is 5.11 Å². The summed E-state index contributed by atoms with van der Waals surface area (Å²) < 4.78 is 5.25. The summed E-state index contributed by atoms with van der Waals surface area (Å²) in [6.45, 7) is 2.16. The SMILES string of the molecule is COc1ccc(-c2cccc([C@@H](C)N(C)C)c2)cc1CO. The van der Waals surface area contributed by atoms with E-state index in [0.717, 1.165) is 22.4 Å². The zero-order chi connectivity index (χ0) is 15.4. The molecule has 3 heteroatoms. The monoisotopic (exact) mass is 285 g/mol. The molecule has 0 amide bonds. The van der Waals surface area contributed by atoms with Crippen molar-refractivity contribution in [2.24, 2.45) is 0 Å². The van der Waals surface area contributed by atoms with Crippen LogP contribution in [0.25, 0.3) is 11.1 Å². The van der Waals surface area contributed by atoms with Gasteiger partial charge in [-0.05, 0) is 55.9 Å². The van der Waals surface area contributed by atoms with Crippen LogP contribution in [0.2, 0.25) is 0 Å². The summed E-state index contributed by atoms with van der Waals surface area (Å²) in [6, 6.07) is 14.8. The van der Waals surface area contributed by atoms with Crippen LogP contribution in [0.5, 0.6) is 5.75 Å². The maximum Gasteiger partial charge on any atom is 0.124 e. The minimum absolute atomic E-state index is 0.0230.